The molecule has 0 bridgehead atoms. The number of unbranched alkanes of at least 4 members (excludes halogenated alkanes) is 13. The standard InChI is InChI=1S/C31H46O2/c1-2-3-4-5-6-7-8-9-10-11-12-13-14-18-23-32-30-22-21-28-24-29(26-33-31(28)25-30)27-19-16-15-17-20-27/h15-17,19-22,25,29H,2-14,18,23-24,26H2,1H3. The topological polar surface area (TPSA) is 18.5 Å². The third-order valence-corrected chi connectivity index (χ3v) is 6.98. The van der Waals surface area contributed by atoms with Crippen LogP contribution in [0.1, 0.15) is 114 Å². The molecule has 2 aromatic rings. The highest BCUT2D eigenvalue weighted by Gasteiger charge is 2.21. The summed E-state index contributed by atoms with van der Waals surface area (Å²) in [4.78, 5) is 0. The molecule has 1 atom stereocenters. The van der Waals surface area contributed by atoms with Crippen molar-refractivity contribution >= 4 is 0 Å². The van der Waals surface area contributed by atoms with Crippen molar-refractivity contribution in [3.8, 4) is 11.5 Å². The Balaban J connectivity index is 1.19. The fourth-order valence-electron chi connectivity index (χ4n) is 4.87. The molecule has 182 valence electrons. The summed E-state index contributed by atoms with van der Waals surface area (Å²) in [5.41, 5.74) is 2.65. The minimum absolute atomic E-state index is 0.445. The molecule has 0 aromatic heterocycles. The van der Waals surface area contributed by atoms with E-state index in [9.17, 15) is 0 Å². The molecule has 1 aliphatic rings. The molecule has 33 heavy (non-hydrogen) atoms. The van der Waals surface area contributed by atoms with Gasteiger partial charge in [0.15, 0.2) is 0 Å². The van der Waals surface area contributed by atoms with Gasteiger partial charge in [-0.3, -0.25) is 0 Å². The number of benzene rings is 2. The van der Waals surface area contributed by atoms with Crippen LogP contribution in [0.15, 0.2) is 48.5 Å². The molecule has 0 amide bonds. The number of fused-ring (bicyclic) bond motifs is 1. The SMILES string of the molecule is CCCCCCCCCCCCCCCCOc1ccc2c(c1)OCC(c1ccccc1)C2. The van der Waals surface area contributed by atoms with Gasteiger partial charge in [-0.15, -0.1) is 0 Å². The van der Waals surface area contributed by atoms with Crippen LogP contribution in [0.5, 0.6) is 11.5 Å². The number of hydrogen-bond donors (Lipinski definition) is 0. The first-order chi connectivity index (χ1) is 16.4. The quantitative estimate of drug-likeness (QED) is 0.224. The van der Waals surface area contributed by atoms with Crippen LogP contribution in [0.25, 0.3) is 0 Å². The Bertz CT molecular complexity index is 755. The van der Waals surface area contributed by atoms with Gasteiger partial charge in [0.1, 0.15) is 11.5 Å². The molecule has 3 rings (SSSR count). The number of rotatable bonds is 17. The number of ether oxygens (including phenoxy) is 2. The largest absolute Gasteiger partial charge is 0.493 e. The van der Waals surface area contributed by atoms with E-state index in [1.54, 1.807) is 0 Å². The van der Waals surface area contributed by atoms with Crippen molar-refractivity contribution in [2.45, 2.75) is 109 Å². The Kier molecular flexibility index (Phi) is 12.3. The van der Waals surface area contributed by atoms with Crippen LogP contribution in [0.3, 0.4) is 0 Å². The van der Waals surface area contributed by atoms with Gasteiger partial charge in [-0.2, -0.15) is 0 Å². The summed E-state index contributed by atoms with van der Waals surface area (Å²) >= 11 is 0. The van der Waals surface area contributed by atoms with Crippen molar-refractivity contribution in [3.63, 3.8) is 0 Å². The predicted molar refractivity (Wildman–Crippen MR) is 141 cm³/mol. The van der Waals surface area contributed by atoms with Crippen LogP contribution in [0, 0.1) is 0 Å². The summed E-state index contributed by atoms with van der Waals surface area (Å²) in [7, 11) is 0. The molecule has 0 saturated heterocycles. The van der Waals surface area contributed by atoms with E-state index in [1.165, 1.54) is 94.6 Å². The predicted octanol–water partition coefficient (Wildman–Crippen LogP) is 9.27. The second kappa shape index (κ2) is 15.8. The Morgan fingerprint density at radius 1 is 0.727 bits per heavy atom. The summed E-state index contributed by atoms with van der Waals surface area (Å²) < 4.78 is 12.1. The monoisotopic (exact) mass is 450 g/mol. The average molecular weight is 451 g/mol. The molecule has 0 N–H and O–H groups in total. The molecule has 1 heterocycles. The van der Waals surface area contributed by atoms with Crippen molar-refractivity contribution in [1.29, 1.82) is 0 Å². The molecule has 1 aliphatic heterocycles. The molecule has 0 spiro atoms. The van der Waals surface area contributed by atoms with E-state index in [1.807, 2.05) is 0 Å². The van der Waals surface area contributed by atoms with Crippen molar-refractivity contribution < 1.29 is 9.47 Å². The number of hydrogen-bond acceptors (Lipinski definition) is 2. The molecule has 0 radical (unpaired) electrons. The Morgan fingerprint density at radius 3 is 1.97 bits per heavy atom. The molecular formula is C31H46O2. The van der Waals surface area contributed by atoms with Crippen LogP contribution in [0.4, 0.5) is 0 Å². The van der Waals surface area contributed by atoms with Gasteiger partial charge in [-0.1, -0.05) is 127 Å². The van der Waals surface area contributed by atoms with Crippen molar-refractivity contribution in [2.75, 3.05) is 13.2 Å². The first-order valence-corrected chi connectivity index (χ1v) is 13.8. The average Bonchev–Trinajstić information content (AvgIpc) is 2.86. The fourth-order valence-corrected chi connectivity index (χ4v) is 4.87. The molecule has 2 nitrogen and oxygen atoms in total. The molecule has 1 unspecified atom stereocenters. The minimum atomic E-state index is 0.445. The van der Waals surface area contributed by atoms with Crippen molar-refractivity contribution in [3.05, 3.63) is 59.7 Å². The van der Waals surface area contributed by atoms with E-state index < -0.39 is 0 Å². The Morgan fingerprint density at radius 2 is 1.33 bits per heavy atom. The van der Waals surface area contributed by atoms with E-state index in [-0.39, 0.29) is 0 Å². The van der Waals surface area contributed by atoms with Gasteiger partial charge in [0.2, 0.25) is 0 Å². The maximum Gasteiger partial charge on any atom is 0.126 e. The lowest BCUT2D eigenvalue weighted by molar-refractivity contribution is 0.257. The highest BCUT2D eigenvalue weighted by molar-refractivity contribution is 5.43. The zero-order valence-electron chi connectivity index (χ0n) is 21.0. The minimum Gasteiger partial charge on any atom is -0.493 e. The molecule has 0 fully saturated rings. The van der Waals surface area contributed by atoms with Gasteiger partial charge >= 0.3 is 0 Å². The van der Waals surface area contributed by atoms with Crippen LogP contribution in [0.2, 0.25) is 0 Å². The molecule has 2 aromatic carbocycles. The van der Waals surface area contributed by atoms with Crippen molar-refractivity contribution in [1.82, 2.24) is 0 Å². The third kappa shape index (κ3) is 9.82. The normalized spacial score (nSPS) is 15.1. The van der Waals surface area contributed by atoms with E-state index >= 15 is 0 Å². The Labute approximate surface area is 203 Å². The van der Waals surface area contributed by atoms with Crippen LogP contribution in [-0.2, 0) is 6.42 Å². The molecule has 0 saturated carbocycles. The van der Waals surface area contributed by atoms with E-state index in [2.05, 4.69) is 55.5 Å². The van der Waals surface area contributed by atoms with Gasteiger partial charge in [0.05, 0.1) is 13.2 Å². The fraction of sp³-hybridized carbons (Fsp3) is 0.613. The summed E-state index contributed by atoms with van der Waals surface area (Å²) in [6.45, 7) is 3.85. The smallest absolute Gasteiger partial charge is 0.126 e. The summed E-state index contributed by atoms with van der Waals surface area (Å²) in [6, 6.07) is 17.1. The van der Waals surface area contributed by atoms with Crippen LogP contribution < -0.4 is 9.47 Å². The lowest BCUT2D eigenvalue weighted by Crippen LogP contribution is -2.19. The highest BCUT2D eigenvalue weighted by Crippen LogP contribution is 2.34. The lowest BCUT2D eigenvalue weighted by atomic mass is 9.90. The zero-order chi connectivity index (χ0) is 23.0. The first-order valence-electron chi connectivity index (χ1n) is 13.8. The van der Waals surface area contributed by atoms with Gasteiger partial charge in [-0.25, -0.2) is 0 Å². The maximum absolute atomic E-state index is 6.08. The highest BCUT2D eigenvalue weighted by atomic mass is 16.5. The van der Waals surface area contributed by atoms with Gasteiger partial charge in [0.25, 0.3) is 0 Å². The maximum atomic E-state index is 6.08. The zero-order valence-corrected chi connectivity index (χ0v) is 21.0. The Hall–Kier alpha value is -1.96. The second-order valence-corrected chi connectivity index (χ2v) is 9.84. The molecule has 2 heteroatoms. The van der Waals surface area contributed by atoms with Crippen molar-refractivity contribution in [2.24, 2.45) is 0 Å². The van der Waals surface area contributed by atoms with Crippen LogP contribution in [-0.4, -0.2) is 13.2 Å². The molecular weight excluding hydrogens is 404 g/mol. The van der Waals surface area contributed by atoms with Crippen LogP contribution >= 0.6 is 0 Å². The van der Waals surface area contributed by atoms with Gasteiger partial charge in [0, 0.05) is 12.0 Å². The van der Waals surface area contributed by atoms with E-state index in [4.69, 9.17) is 9.47 Å². The molecule has 0 aliphatic carbocycles. The summed E-state index contributed by atoms with van der Waals surface area (Å²) in [5, 5.41) is 0. The first kappa shape index (κ1) is 25.7. The van der Waals surface area contributed by atoms with E-state index in [0.29, 0.717) is 5.92 Å². The third-order valence-electron chi connectivity index (χ3n) is 6.98. The summed E-state index contributed by atoms with van der Waals surface area (Å²) in [6.07, 6.45) is 20.4. The van der Waals surface area contributed by atoms with E-state index in [0.717, 1.165) is 37.6 Å². The summed E-state index contributed by atoms with van der Waals surface area (Å²) in [5.74, 6) is 2.39. The second-order valence-electron chi connectivity index (χ2n) is 9.84. The lowest BCUT2D eigenvalue weighted by Gasteiger charge is -2.26. The van der Waals surface area contributed by atoms with Gasteiger partial charge in [-0.05, 0) is 30.0 Å². The van der Waals surface area contributed by atoms with Gasteiger partial charge < -0.3 is 9.47 Å².